The quantitative estimate of drug-likeness (QED) is 0.699. The predicted molar refractivity (Wildman–Crippen MR) is 77.9 cm³/mol. The van der Waals surface area contributed by atoms with Crippen LogP contribution >= 0.6 is 0 Å². The first-order valence-electron chi connectivity index (χ1n) is 7.70. The van der Waals surface area contributed by atoms with Crippen LogP contribution in [0.1, 0.15) is 52.9 Å². The third kappa shape index (κ3) is 5.25. The van der Waals surface area contributed by atoms with Crippen LogP contribution in [0, 0.1) is 5.41 Å². The Bertz CT molecular complexity index is 209. The van der Waals surface area contributed by atoms with E-state index >= 15 is 0 Å². The molecule has 2 N–H and O–H groups in total. The summed E-state index contributed by atoms with van der Waals surface area (Å²) in [5.41, 5.74) is 0.0549. The Labute approximate surface area is 113 Å². The van der Waals surface area contributed by atoms with E-state index in [-0.39, 0.29) is 12.0 Å². The van der Waals surface area contributed by atoms with Crippen molar-refractivity contribution in [2.75, 3.05) is 32.8 Å². The largest absolute Gasteiger partial charge is 0.396 e. The van der Waals surface area contributed by atoms with Crippen LogP contribution in [0.5, 0.6) is 0 Å². The topological polar surface area (TPSA) is 35.5 Å². The summed E-state index contributed by atoms with van der Waals surface area (Å²) in [5.74, 6) is 0. The van der Waals surface area contributed by atoms with Crippen molar-refractivity contribution in [2.24, 2.45) is 5.41 Å². The molecular weight excluding hydrogens is 224 g/mol. The van der Waals surface area contributed by atoms with E-state index in [0.29, 0.717) is 6.04 Å². The van der Waals surface area contributed by atoms with Crippen molar-refractivity contribution in [1.82, 2.24) is 10.2 Å². The average Bonchev–Trinajstić information content (AvgIpc) is 2.43. The van der Waals surface area contributed by atoms with Gasteiger partial charge in [0.1, 0.15) is 0 Å². The Balaban J connectivity index is 2.19. The lowest BCUT2D eigenvalue weighted by Gasteiger charge is -2.35. The molecule has 0 aromatic carbocycles. The molecule has 3 heteroatoms. The fraction of sp³-hybridized carbons (Fsp3) is 1.00. The predicted octanol–water partition coefficient (Wildman–Crippen LogP) is 2.25. The van der Waals surface area contributed by atoms with Gasteiger partial charge in [0.15, 0.2) is 0 Å². The zero-order valence-electron chi connectivity index (χ0n) is 12.5. The van der Waals surface area contributed by atoms with Gasteiger partial charge >= 0.3 is 0 Å². The molecule has 1 atom stereocenters. The summed E-state index contributed by atoms with van der Waals surface area (Å²) in [4.78, 5) is 2.59. The van der Waals surface area contributed by atoms with Crippen LogP contribution in [-0.4, -0.2) is 48.8 Å². The van der Waals surface area contributed by atoms with Crippen LogP contribution in [-0.2, 0) is 0 Å². The van der Waals surface area contributed by atoms with Crippen LogP contribution in [0.3, 0.4) is 0 Å². The summed E-state index contributed by atoms with van der Waals surface area (Å²) >= 11 is 0. The van der Waals surface area contributed by atoms with Crippen LogP contribution in [0.2, 0.25) is 0 Å². The van der Waals surface area contributed by atoms with Crippen LogP contribution in [0.25, 0.3) is 0 Å². The molecule has 1 aliphatic heterocycles. The number of hydrogen-bond donors (Lipinski definition) is 2. The molecule has 0 aliphatic carbocycles. The highest BCUT2D eigenvalue weighted by atomic mass is 16.3. The molecule has 0 amide bonds. The van der Waals surface area contributed by atoms with Gasteiger partial charge in [0.2, 0.25) is 0 Å². The monoisotopic (exact) mass is 256 g/mol. The van der Waals surface area contributed by atoms with Crippen molar-refractivity contribution in [3.05, 3.63) is 0 Å². The average molecular weight is 256 g/mol. The van der Waals surface area contributed by atoms with Gasteiger partial charge in [-0.15, -0.1) is 0 Å². The van der Waals surface area contributed by atoms with Gasteiger partial charge in [-0.1, -0.05) is 27.2 Å². The maximum absolute atomic E-state index is 9.41. The van der Waals surface area contributed by atoms with Crippen LogP contribution < -0.4 is 5.32 Å². The van der Waals surface area contributed by atoms with Gasteiger partial charge in [0.05, 0.1) is 0 Å². The fourth-order valence-corrected chi connectivity index (χ4v) is 2.43. The molecule has 0 bridgehead atoms. The lowest BCUT2D eigenvalue weighted by molar-refractivity contribution is 0.122. The second kappa shape index (κ2) is 8.13. The minimum absolute atomic E-state index is 0.0549. The SMILES string of the molecule is CCCCN1CCC(NCC(C)(CC)CO)CC1. The Morgan fingerprint density at radius 2 is 1.94 bits per heavy atom. The molecule has 3 nitrogen and oxygen atoms in total. The van der Waals surface area contributed by atoms with Crippen LogP contribution in [0.15, 0.2) is 0 Å². The number of aliphatic hydroxyl groups is 1. The summed E-state index contributed by atoms with van der Waals surface area (Å²) in [6, 6.07) is 0.653. The fourth-order valence-electron chi connectivity index (χ4n) is 2.43. The summed E-state index contributed by atoms with van der Waals surface area (Å²) < 4.78 is 0. The van der Waals surface area contributed by atoms with Gasteiger partial charge in [-0.2, -0.15) is 0 Å². The second-order valence-electron chi connectivity index (χ2n) is 6.17. The lowest BCUT2D eigenvalue weighted by atomic mass is 9.88. The maximum Gasteiger partial charge on any atom is 0.0496 e. The molecule has 108 valence electrons. The third-order valence-corrected chi connectivity index (χ3v) is 4.47. The highest BCUT2D eigenvalue weighted by Crippen LogP contribution is 2.20. The first-order valence-corrected chi connectivity index (χ1v) is 7.70. The van der Waals surface area contributed by atoms with Crippen molar-refractivity contribution in [1.29, 1.82) is 0 Å². The van der Waals surface area contributed by atoms with E-state index in [1.807, 2.05) is 0 Å². The van der Waals surface area contributed by atoms with Crippen LogP contribution in [0.4, 0.5) is 0 Å². The van der Waals surface area contributed by atoms with E-state index < -0.39 is 0 Å². The molecule has 1 rings (SSSR count). The number of hydrogen-bond acceptors (Lipinski definition) is 3. The van der Waals surface area contributed by atoms with Crippen molar-refractivity contribution < 1.29 is 5.11 Å². The minimum Gasteiger partial charge on any atom is -0.396 e. The van der Waals surface area contributed by atoms with Gasteiger partial charge in [0.25, 0.3) is 0 Å². The van der Waals surface area contributed by atoms with Crippen molar-refractivity contribution in [3.63, 3.8) is 0 Å². The highest BCUT2D eigenvalue weighted by Gasteiger charge is 2.24. The molecule has 0 saturated carbocycles. The Kier molecular flexibility index (Phi) is 7.20. The van der Waals surface area contributed by atoms with Crippen molar-refractivity contribution in [3.8, 4) is 0 Å². The highest BCUT2D eigenvalue weighted by molar-refractivity contribution is 4.81. The lowest BCUT2D eigenvalue weighted by Crippen LogP contribution is -2.46. The Morgan fingerprint density at radius 1 is 1.28 bits per heavy atom. The van der Waals surface area contributed by atoms with E-state index in [9.17, 15) is 5.11 Å². The van der Waals surface area contributed by atoms with E-state index in [0.717, 1.165) is 13.0 Å². The van der Waals surface area contributed by atoms with Crippen molar-refractivity contribution in [2.45, 2.75) is 58.9 Å². The number of aliphatic hydroxyl groups excluding tert-OH is 1. The zero-order valence-corrected chi connectivity index (χ0v) is 12.5. The summed E-state index contributed by atoms with van der Waals surface area (Å²) in [7, 11) is 0. The molecule has 18 heavy (non-hydrogen) atoms. The maximum atomic E-state index is 9.41. The first-order chi connectivity index (χ1) is 8.63. The molecule has 0 spiro atoms. The molecule has 0 aromatic rings. The molecule has 1 unspecified atom stereocenters. The smallest absolute Gasteiger partial charge is 0.0496 e. The molecule has 1 aliphatic rings. The van der Waals surface area contributed by atoms with E-state index in [1.165, 1.54) is 45.3 Å². The zero-order chi connectivity index (χ0) is 13.4. The number of unbranched alkanes of at least 4 members (excludes halogenated alkanes) is 1. The summed E-state index contributed by atoms with van der Waals surface area (Å²) in [5, 5.41) is 13.1. The standard InChI is InChI=1S/C15H32N2O/c1-4-6-9-17-10-7-14(8-11-17)16-12-15(3,5-2)13-18/h14,16,18H,4-13H2,1-3H3. The molecule has 1 heterocycles. The van der Waals surface area contributed by atoms with Gasteiger partial charge < -0.3 is 15.3 Å². The van der Waals surface area contributed by atoms with E-state index in [4.69, 9.17) is 0 Å². The first kappa shape index (κ1) is 15.9. The number of likely N-dealkylation sites (tertiary alicyclic amines) is 1. The molecule has 1 fully saturated rings. The molecule has 0 aromatic heterocycles. The summed E-state index contributed by atoms with van der Waals surface area (Å²) in [6.07, 6.45) is 6.18. The Morgan fingerprint density at radius 3 is 2.44 bits per heavy atom. The number of nitrogens with zero attached hydrogens (tertiary/aromatic N) is 1. The molecule has 0 radical (unpaired) electrons. The van der Waals surface area contributed by atoms with Gasteiger partial charge in [0, 0.05) is 24.6 Å². The van der Waals surface area contributed by atoms with Gasteiger partial charge in [-0.25, -0.2) is 0 Å². The van der Waals surface area contributed by atoms with Crippen molar-refractivity contribution >= 4 is 0 Å². The van der Waals surface area contributed by atoms with Gasteiger partial charge in [-0.3, -0.25) is 0 Å². The van der Waals surface area contributed by atoms with E-state index in [2.05, 4.69) is 31.0 Å². The Hall–Kier alpha value is -0.120. The number of rotatable bonds is 8. The van der Waals surface area contributed by atoms with E-state index in [1.54, 1.807) is 0 Å². The molecular formula is C15H32N2O. The second-order valence-corrected chi connectivity index (χ2v) is 6.17. The minimum atomic E-state index is 0.0549. The third-order valence-electron chi connectivity index (χ3n) is 4.47. The van der Waals surface area contributed by atoms with Gasteiger partial charge in [-0.05, 0) is 45.3 Å². The normalized spacial score (nSPS) is 22.0. The molecule has 1 saturated heterocycles. The number of piperidine rings is 1. The summed E-state index contributed by atoms with van der Waals surface area (Å²) in [6.45, 7) is 11.5. The number of nitrogens with one attached hydrogen (secondary N) is 1.